The molecule has 0 radical (unpaired) electrons. The fourth-order valence-corrected chi connectivity index (χ4v) is 4.53. The Morgan fingerprint density at radius 1 is 1.55 bits per heavy atom. The molecule has 0 N–H and O–H groups in total. The van der Waals surface area contributed by atoms with Crippen LogP contribution in [0.2, 0.25) is 0 Å². The van der Waals surface area contributed by atoms with Gasteiger partial charge in [-0.1, -0.05) is 0 Å². The van der Waals surface area contributed by atoms with Gasteiger partial charge in [-0.05, 0) is 30.7 Å². The molecule has 7 heteroatoms. The molecule has 0 amide bonds. The fourth-order valence-electron chi connectivity index (χ4n) is 2.14. The molecule has 0 spiro atoms. The number of esters is 1. The van der Waals surface area contributed by atoms with Crippen molar-refractivity contribution in [1.29, 1.82) is 0 Å². The molecular weight excluding hydrogens is 294 g/mol. The summed E-state index contributed by atoms with van der Waals surface area (Å²) in [6, 6.07) is 2.17. The van der Waals surface area contributed by atoms with Gasteiger partial charge in [0.05, 0.1) is 11.5 Å². The average molecular weight is 309 g/mol. The summed E-state index contributed by atoms with van der Waals surface area (Å²) in [6.45, 7) is 2.10. The van der Waals surface area contributed by atoms with Gasteiger partial charge in [0.2, 0.25) is 0 Å². The first-order valence-corrected chi connectivity index (χ1v) is 8.44. The number of thioether (sulfide) groups is 1. The van der Waals surface area contributed by atoms with E-state index in [2.05, 4.69) is 16.1 Å². The monoisotopic (exact) mass is 309 g/mol. The van der Waals surface area contributed by atoms with Crippen LogP contribution >= 0.6 is 23.1 Å². The number of ether oxygens (including phenoxy) is 1. The highest BCUT2D eigenvalue weighted by atomic mass is 32.2. The van der Waals surface area contributed by atoms with Gasteiger partial charge in [0, 0.05) is 17.7 Å². The molecule has 0 bridgehead atoms. The van der Waals surface area contributed by atoms with Crippen molar-refractivity contribution in [3.63, 3.8) is 0 Å². The van der Waals surface area contributed by atoms with Crippen molar-refractivity contribution in [3.8, 4) is 10.7 Å². The summed E-state index contributed by atoms with van der Waals surface area (Å²) in [7, 11) is 1.80. The highest BCUT2D eigenvalue weighted by Gasteiger charge is 2.20. The topological polar surface area (TPSA) is 57.0 Å². The molecule has 3 heterocycles. The third-order valence-corrected chi connectivity index (χ3v) is 5.31. The molecule has 1 aliphatic rings. The Morgan fingerprint density at radius 3 is 3.15 bits per heavy atom. The van der Waals surface area contributed by atoms with Crippen molar-refractivity contribution in [1.82, 2.24) is 14.8 Å². The van der Waals surface area contributed by atoms with Crippen molar-refractivity contribution in [2.75, 3.05) is 12.4 Å². The molecule has 0 atom stereocenters. The molecule has 0 saturated heterocycles. The van der Waals surface area contributed by atoms with Crippen LogP contribution in [0.3, 0.4) is 0 Å². The second-order valence-corrected chi connectivity index (χ2v) is 6.71. The van der Waals surface area contributed by atoms with E-state index in [9.17, 15) is 4.79 Å². The van der Waals surface area contributed by atoms with E-state index in [-0.39, 0.29) is 5.82 Å². The minimum atomic E-state index is -0.466. The maximum atomic E-state index is 11.7. The standard InChI is InChI=1S/C13H15N3O2S2/c1-3-18-13(17)11-14-12(16(2)15-11)10-6-8-7-19-5-4-9(8)20-10/h6H,3-5,7H2,1-2H3. The first-order valence-electron chi connectivity index (χ1n) is 6.47. The number of nitrogens with zero attached hydrogens (tertiary/aromatic N) is 3. The Morgan fingerprint density at radius 2 is 2.40 bits per heavy atom. The number of hydrogen-bond donors (Lipinski definition) is 0. The maximum Gasteiger partial charge on any atom is 0.378 e. The smallest absolute Gasteiger partial charge is 0.378 e. The summed E-state index contributed by atoms with van der Waals surface area (Å²) >= 11 is 3.71. The number of hydrogen-bond acceptors (Lipinski definition) is 6. The zero-order valence-electron chi connectivity index (χ0n) is 11.4. The van der Waals surface area contributed by atoms with Gasteiger partial charge in [0.1, 0.15) is 0 Å². The molecule has 2 aromatic rings. The van der Waals surface area contributed by atoms with E-state index in [1.807, 2.05) is 11.8 Å². The second-order valence-electron chi connectivity index (χ2n) is 4.46. The third-order valence-electron chi connectivity index (χ3n) is 3.07. The lowest BCUT2D eigenvalue weighted by atomic mass is 10.2. The molecule has 5 nitrogen and oxygen atoms in total. The Kier molecular flexibility index (Phi) is 3.80. The van der Waals surface area contributed by atoms with Gasteiger partial charge in [-0.25, -0.2) is 14.5 Å². The van der Waals surface area contributed by atoms with Crippen molar-refractivity contribution in [3.05, 3.63) is 22.3 Å². The fraction of sp³-hybridized carbons (Fsp3) is 0.462. The summed E-state index contributed by atoms with van der Waals surface area (Å²) in [5.41, 5.74) is 1.39. The normalized spacial score (nSPS) is 14.1. The molecule has 1 aliphatic heterocycles. The summed E-state index contributed by atoms with van der Waals surface area (Å²) in [6.07, 6.45) is 1.12. The van der Waals surface area contributed by atoms with Gasteiger partial charge in [-0.3, -0.25) is 0 Å². The number of rotatable bonds is 3. The molecule has 0 aliphatic carbocycles. The molecule has 0 aromatic carbocycles. The van der Waals surface area contributed by atoms with E-state index in [4.69, 9.17) is 4.74 Å². The van der Waals surface area contributed by atoms with Gasteiger partial charge in [0.25, 0.3) is 5.82 Å². The molecule has 0 fully saturated rings. The third kappa shape index (κ3) is 2.47. The van der Waals surface area contributed by atoms with Gasteiger partial charge >= 0.3 is 5.97 Å². The minimum absolute atomic E-state index is 0.130. The van der Waals surface area contributed by atoms with Crippen molar-refractivity contribution in [2.45, 2.75) is 19.1 Å². The zero-order valence-corrected chi connectivity index (χ0v) is 13.0. The van der Waals surface area contributed by atoms with Crippen LogP contribution in [0.25, 0.3) is 10.7 Å². The highest BCUT2D eigenvalue weighted by molar-refractivity contribution is 7.98. The minimum Gasteiger partial charge on any atom is -0.460 e. The Hall–Kier alpha value is -1.34. The number of fused-ring (bicyclic) bond motifs is 1. The lowest BCUT2D eigenvalue weighted by molar-refractivity contribution is 0.0512. The second kappa shape index (κ2) is 5.57. The van der Waals surface area contributed by atoms with Crippen LogP contribution in [0.1, 0.15) is 28.0 Å². The molecule has 3 rings (SSSR count). The summed E-state index contributed by atoms with van der Waals surface area (Å²) in [5, 5.41) is 4.14. The number of aryl methyl sites for hydroxylation is 2. The number of thiophene rings is 1. The predicted molar refractivity (Wildman–Crippen MR) is 80.1 cm³/mol. The van der Waals surface area contributed by atoms with E-state index in [0.29, 0.717) is 6.61 Å². The van der Waals surface area contributed by atoms with Gasteiger partial charge in [0.15, 0.2) is 5.82 Å². The van der Waals surface area contributed by atoms with Crippen LogP contribution in [-0.2, 0) is 24.0 Å². The molecule has 0 unspecified atom stereocenters. The lowest BCUT2D eigenvalue weighted by Crippen LogP contribution is -2.07. The van der Waals surface area contributed by atoms with E-state index < -0.39 is 5.97 Å². The van der Waals surface area contributed by atoms with Gasteiger partial charge < -0.3 is 4.74 Å². The van der Waals surface area contributed by atoms with Crippen molar-refractivity contribution in [2.24, 2.45) is 7.05 Å². The largest absolute Gasteiger partial charge is 0.460 e. The highest BCUT2D eigenvalue weighted by Crippen LogP contribution is 2.36. The quantitative estimate of drug-likeness (QED) is 0.815. The summed E-state index contributed by atoms with van der Waals surface area (Å²) in [4.78, 5) is 18.5. The average Bonchev–Trinajstić information content (AvgIpc) is 3.01. The Balaban J connectivity index is 1.94. The van der Waals surface area contributed by atoms with Crippen LogP contribution in [-0.4, -0.2) is 33.1 Å². The number of carbonyl (C=O) groups excluding carboxylic acids is 1. The zero-order chi connectivity index (χ0) is 14.1. The van der Waals surface area contributed by atoms with Crippen LogP contribution in [0.15, 0.2) is 6.07 Å². The van der Waals surface area contributed by atoms with Crippen LogP contribution in [0, 0.1) is 0 Å². The van der Waals surface area contributed by atoms with Crippen LogP contribution < -0.4 is 0 Å². The van der Waals surface area contributed by atoms with Crippen LogP contribution in [0.4, 0.5) is 0 Å². The molecule has 2 aromatic heterocycles. The Bertz CT molecular complexity index is 625. The molecule has 0 saturated carbocycles. The number of carbonyl (C=O) groups is 1. The van der Waals surface area contributed by atoms with E-state index in [1.165, 1.54) is 16.2 Å². The SMILES string of the molecule is CCOC(=O)c1nc(-c2cc3c(s2)CCSC3)n(C)n1. The molecule has 20 heavy (non-hydrogen) atoms. The van der Waals surface area contributed by atoms with E-state index in [1.54, 1.807) is 30.0 Å². The summed E-state index contributed by atoms with van der Waals surface area (Å²) < 4.78 is 6.59. The lowest BCUT2D eigenvalue weighted by Gasteiger charge is -2.08. The van der Waals surface area contributed by atoms with Gasteiger partial charge in [-0.15, -0.1) is 16.4 Å². The first-order chi connectivity index (χ1) is 9.69. The van der Waals surface area contributed by atoms with Gasteiger partial charge in [-0.2, -0.15) is 11.8 Å². The van der Waals surface area contributed by atoms with Crippen LogP contribution in [0.5, 0.6) is 0 Å². The van der Waals surface area contributed by atoms with E-state index >= 15 is 0 Å². The predicted octanol–water partition coefficient (Wildman–Crippen LogP) is 2.51. The Labute approximate surface area is 125 Å². The van der Waals surface area contributed by atoms with E-state index in [0.717, 1.165) is 22.9 Å². The van der Waals surface area contributed by atoms with Crippen molar-refractivity contribution >= 4 is 29.1 Å². The van der Waals surface area contributed by atoms with Crippen molar-refractivity contribution < 1.29 is 9.53 Å². The molecular formula is C13H15N3O2S2. The first kappa shape index (κ1) is 13.6. The maximum absolute atomic E-state index is 11.7. The molecule has 106 valence electrons. The number of aromatic nitrogens is 3. The summed E-state index contributed by atoms with van der Waals surface area (Å²) in [5.74, 6) is 2.64.